The Morgan fingerprint density at radius 3 is 2.55 bits per heavy atom. The van der Waals surface area contributed by atoms with E-state index < -0.39 is 6.09 Å². The summed E-state index contributed by atoms with van der Waals surface area (Å²) in [6.45, 7) is 4.03. The molecule has 0 aromatic heterocycles. The molecule has 1 aromatic rings. The first kappa shape index (κ1) is 16.9. The molecule has 2 rings (SSSR count). The van der Waals surface area contributed by atoms with Crippen molar-refractivity contribution in [1.82, 2.24) is 0 Å². The second-order valence-electron chi connectivity index (χ2n) is 6.23. The molecule has 0 radical (unpaired) electrons. The van der Waals surface area contributed by atoms with Crippen molar-refractivity contribution in [3.05, 3.63) is 28.8 Å². The van der Waals surface area contributed by atoms with Crippen molar-refractivity contribution in [3.8, 4) is 0 Å². The summed E-state index contributed by atoms with van der Waals surface area (Å²) in [4.78, 5) is 12.4. The van der Waals surface area contributed by atoms with Gasteiger partial charge in [-0.2, -0.15) is 0 Å². The Morgan fingerprint density at radius 2 is 1.91 bits per heavy atom. The minimum Gasteiger partial charge on any atom is -0.453 e. The van der Waals surface area contributed by atoms with Crippen LogP contribution in [0.3, 0.4) is 0 Å². The lowest BCUT2D eigenvalue weighted by molar-refractivity contribution is 0.187. The van der Waals surface area contributed by atoms with Crippen molar-refractivity contribution in [2.24, 2.45) is 5.92 Å². The summed E-state index contributed by atoms with van der Waals surface area (Å²) in [6, 6.07) is 4.07. The van der Waals surface area contributed by atoms with Gasteiger partial charge in [0.25, 0.3) is 0 Å². The van der Waals surface area contributed by atoms with Crippen LogP contribution in [0.1, 0.15) is 55.2 Å². The highest BCUT2D eigenvalue weighted by atomic mass is 32.1. The fourth-order valence-electron chi connectivity index (χ4n) is 3.18. The maximum Gasteiger partial charge on any atom is 0.411 e. The van der Waals surface area contributed by atoms with E-state index in [0.717, 1.165) is 39.6 Å². The Morgan fingerprint density at radius 1 is 1.23 bits per heavy atom. The maximum absolute atomic E-state index is 11.4. The van der Waals surface area contributed by atoms with E-state index in [2.05, 4.69) is 16.1 Å². The SMILES string of the molecule is COC(=O)Nc1cc(C)c(C(=S)CC2CCCCC2)cc1C. The normalized spacial score (nSPS) is 15.4. The van der Waals surface area contributed by atoms with Gasteiger partial charge in [0.05, 0.1) is 7.11 Å². The number of carbonyl (C=O) groups excluding carboxylic acids is 1. The number of ether oxygens (including phenoxy) is 1. The minimum absolute atomic E-state index is 0.444. The number of hydrogen-bond donors (Lipinski definition) is 1. The molecule has 0 aliphatic heterocycles. The number of benzene rings is 1. The molecule has 1 amide bonds. The smallest absolute Gasteiger partial charge is 0.411 e. The molecule has 22 heavy (non-hydrogen) atoms. The summed E-state index contributed by atoms with van der Waals surface area (Å²) >= 11 is 5.69. The van der Waals surface area contributed by atoms with Gasteiger partial charge in [0.1, 0.15) is 0 Å². The van der Waals surface area contributed by atoms with Crippen LogP contribution in [-0.4, -0.2) is 18.1 Å². The van der Waals surface area contributed by atoms with Crippen LogP contribution < -0.4 is 5.32 Å². The molecule has 120 valence electrons. The summed E-state index contributed by atoms with van der Waals surface area (Å²) in [5, 5.41) is 2.74. The summed E-state index contributed by atoms with van der Waals surface area (Å²) in [5.74, 6) is 0.744. The van der Waals surface area contributed by atoms with Gasteiger partial charge in [-0.15, -0.1) is 0 Å². The van der Waals surface area contributed by atoms with Crippen LogP contribution >= 0.6 is 12.2 Å². The van der Waals surface area contributed by atoms with Gasteiger partial charge in [0.15, 0.2) is 0 Å². The Kier molecular flexibility index (Phi) is 5.95. The lowest BCUT2D eigenvalue weighted by atomic mass is 9.84. The van der Waals surface area contributed by atoms with Gasteiger partial charge >= 0.3 is 6.09 Å². The van der Waals surface area contributed by atoms with Crippen LogP contribution in [0.5, 0.6) is 0 Å². The second kappa shape index (κ2) is 7.73. The molecular formula is C18H25NO2S. The van der Waals surface area contributed by atoms with Crippen LogP contribution in [0.25, 0.3) is 0 Å². The highest BCUT2D eigenvalue weighted by Crippen LogP contribution is 2.29. The number of carbonyl (C=O) groups is 1. The van der Waals surface area contributed by atoms with Gasteiger partial charge < -0.3 is 4.74 Å². The Hall–Kier alpha value is -1.42. The topological polar surface area (TPSA) is 38.3 Å². The fourth-order valence-corrected chi connectivity index (χ4v) is 3.63. The average Bonchev–Trinajstić information content (AvgIpc) is 2.51. The molecule has 0 spiro atoms. The van der Waals surface area contributed by atoms with E-state index in [1.807, 2.05) is 19.9 Å². The van der Waals surface area contributed by atoms with Crippen LogP contribution in [0, 0.1) is 19.8 Å². The maximum atomic E-state index is 11.4. The first-order chi connectivity index (χ1) is 10.5. The third-order valence-corrected chi connectivity index (χ3v) is 4.88. The van der Waals surface area contributed by atoms with Crippen molar-refractivity contribution >= 4 is 28.9 Å². The quantitative estimate of drug-likeness (QED) is 0.614. The number of methoxy groups -OCH3 is 1. The van der Waals surface area contributed by atoms with Gasteiger partial charge in [-0.1, -0.05) is 44.3 Å². The lowest BCUT2D eigenvalue weighted by Crippen LogP contribution is -2.14. The molecule has 1 N–H and O–H groups in total. The third-order valence-electron chi connectivity index (χ3n) is 4.49. The molecule has 0 unspecified atom stereocenters. The first-order valence-corrected chi connectivity index (χ1v) is 8.41. The summed E-state index contributed by atoms with van der Waals surface area (Å²) in [7, 11) is 1.37. The van der Waals surface area contributed by atoms with Gasteiger partial charge in [0.2, 0.25) is 0 Å². The third kappa shape index (κ3) is 4.29. The summed E-state index contributed by atoms with van der Waals surface area (Å²) in [6.07, 6.45) is 7.23. The van der Waals surface area contributed by atoms with Crippen LogP contribution in [0.2, 0.25) is 0 Å². The molecule has 0 saturated heterocycles. The zero-order valence-electron chi connectivity index (χ0n) is 13.7. The average molecular weight is 319 g/mol. The van der Waals surface area contributed by atoms with Gasteiger partial charge in [-0.25, -0.2) is 4.79 Å². The van der Waals surface area contributed by atoms with E-state index >= 15 is 0 Å². The predicted octanol–water partition coefficient (Wildman–Crippen LogP) is 5.17. The Labute approximate surface area is 138 Å². The van der Waals surface area contributed by atoms with Gasteiger partial charge in [-0.3, -0.25) is 5.32 Å². The Bertz CT molecular complexity index is 562. The molecule has 0 heterocycles. The van der Waals surface area contributed by atoms with E-state index in [0.29, 0.717) is 0 Å². The van der Waals surface area contributed by atoms with Gasteiger partial charge in [0, 0.05) is 10.6 Å². The number of anilines is 1. The zero-order chi connectivity index (χ0) is 16.1. The predicted molar refractivity (Wildman–Crippen MR) is 94.8 cm³/mol. The molecule has 0 atom stereocenters. The monoisotopic (exact) mass is 319 g/mol. The van der Waals surface area contributed by atoms with Gasteiger partial charge in [-0.05, 0) is 55.0 Å². The largest absolute Gasteiger partial charge is 0.453 e. The number of amides is 1. The van der Waals surface area contributed by atoms with E-state index in [9.17, 15) is 4.79 Å². The molecule has 1 aromatic carbocycles. The van der Waals surface area contributed by atoms with Crippen molar-refractivity contribution in [2.75, 3.05) is 12.4 Å². The number of aryl methyl sites for hydroxylation is 2. The molecule has 1 aliphatic carbocycles. The minimum atomic E-state index is -0.444. The standard InChI is InChI=1S/C18H25NO2S/c1-12-10-16(19-18(20)21-3)13(2)9-15(12)17(22)11-14-7-5-4-6-8-14/h9-10,14H,4-8,11H2,1-3H3,(H,19,20). The van der Waals surface area contributed by atoms with E-state index in [-0.39, 0.29) is 0 Å². The molecule has 0 bridgehead atoms. The van der Waals surface area contributed by atoms with Crippen LogP contribution in [0.4, 0.5) is 10.5 Å². The summed E-state index contributed by atoms with van der Waals surface area (Å²) in [5.41, 5.74) is 4.05. The number of rotatable bonds is 4. The number of nitrogens with one attached hydrogen (secondary N) is 1. The molecule has 1 fully saturated rings. The van der Waals surface area contributed by atoms with E-state index in [1.165, 1.54) is 39.2 Å². The fraction of sp³-hybridized carbons (Fsp3) is 0.556. The van der Waals surface area contributed by atoms with Crippen LogP contribution in [0.15, 0.2) is 12.1 Å². The lowest BCUT2D eigenvalue weighted by Gasteiger charge is -2.22. The molecular weight excluding hydrogens is 294 g/mol. The summed E-state index contributed by atoms with van der Waals surface area (Å²) < 4.78 is 4.65. The van der Waals surface area contributed by atoms with Crippen molar-refractivity contribution in [3.63, 3.8) is 0 Å². The second-order valence-corrected chi connectivity index (χ2v) is 6.72. The van der Waals surface area contributed by atoms with Crippen molar-refractivity contribution < 1.29 is 9.53 Å². The van der Waals surface area contributed by atoms with Crippen molar-refractivity contribution in [2.45, 2.75) is 52.4 Å². The molecule has 3 nitrogen and oxygen atoms in total. The number of thiocarbonyl (C=S) groups is 1. The molecule has 4 heteroatoms. The Balaban J connectivity index is 2.11. The highest BCUT2D eigenvalue weighted by molar-refractivity contribution is 7.80. The molecule has 1 saturated carbocycles. The van der Waals surface area contributed by atoms with E-state index in [4.69, 9.17) is 12.2 Å². The number of hydrogen-bond acceptors (Lipinski definition) is 3. The first-order valence-electron chi connectivity index (χ1n) is 8.00. The molecule has 1 aliphatic rings. The van der Waals surface area contributed by atoms with Crippen LogP contribution in [-0.2, 0) is 4.74 Å². The zero-order valence-corrected chi connectivity index (χ0v) is 14.5. The highest BCUT2D eigenvalue weighted by Gasteiger charge is 2.17. The van der Waals surface area contributed by atoms with Crippen molar-refractivity contribution in [1.29, 1.82) is 0 Å². The van der Waals surface area contributed by atoms with E-state index in [1.54, 1.807) is 0 Å².